The number of carbonyl (C=O) groups excluding carboxylic acids is 1. The molecule has 3 aromatic rings. The first-order valence-corrected chi connectivity index (χ1v) is 8.59. The number of hydrogen-bond donors (Lipinski definition) is 0. The molecule has 0 spiro atoms. The third-order valence-electron chi connectivity index (χ3n) is 3.88. The second-order valence-corrected chi connectivity index (χ2v) is 6.97. The Hall–Kier alpha value is -2.47. The summed E-state index contributed by atoms with van der Waals surface area (Å²) in [6, 6.07) is 9.25. The molecule has 24 heavy (non-hydrogen) atoms. The van der Waals surface area contributed by atoms with Gasteiger partial charge in [0.1, 0.15) is 4.83 Å². The zero-order chi connectivity index (χ0) is 17.3. The summed E-state index contributed by atoms with van der Waals surface area (Å²) in [5, 5.41) is 0.679. The number of carbonyl (C=O) groups is 1. The first-order valence-electron chi connectivity index (χ1n) is 7.78. The Morgan fingerprint density at radius 2 is 1.96 bits per heavy atom. The van der Waals surface area contributed by atoms with Crippen molar-refractivity contribution in [1.82, 2.24) is 14.5 Å². The monoisotopic (exact) mass is 341 g/mol. The van der Waals surface area contributed by atoms with Gasteiger partial charge in [-0.2, -0.15) is 0 Å². The van der Waals surface area contributed by atoms with Crippen molar-refractivity contribution in [3.05, 3.63) is 63.0 Å². The standard InChI is InChI=1S/C18H19N3O2S/c1-4-14-9-15-16(24-14)19-11-21(18(15)23)10-12-5-7-13(8-6-12)17(22)20(2)3/h5-9,11H,4,10H2,1-3H3. The molecule has 0 radical (unpaired) electrons. The molecule has 0 fully saturated rings. The van der Waals surface area contributed by atoms with E-state index in [1.807, 2.05) is 18.2 Å². The third kappa shape index (κ3) is 3.10. The van der Waals surface area contributed by atoms with Crippen molar-refractivity contribution in [1.29, 1.82) is 0 Å². The van der Waals surface area contributed by atoms with Gasteiger partial charge >= 0.3 is 0 Å². The Kier molecular flexibility index (Phi) is 4.49. The molecule has 1 aromatic carbocycles. The number of fused-ring (bicyclic) bond motifs is 1. The molecule has 2 aromatic heterocycles. The molecular weight excluding hydrogens is 322 g/mol. The number of aromatic nitrogens is 2. The molecule has 0 saturated heterocycles. The highest BCUT2D eigenvalue weighted by Crippen LogP contribution is 2.21. The van der Waals surface area contributed by atoms with Crippen LogP contribution in [0.2, 0.25) is 0 Å². The normalized spacial score (nSPS) is 11.0. The predicted octanol–water partition coefficient (Wildman–Crippen LogP) is 2.77. The Bertz CT molecular complexity index is 939. The zero-order valence-electron chi connectivity index (χ0n) is 13.9. The van der Waals surface area contributed by atoms with Gasteiger partial charge in [0, 0.05) is 24.5 Å². The summed E-state index contributed by atoms with van der Waals surface area (Å²) in [6.07, 6.45) is 2.50. The summed E-state index contributed by atoms with van der Waals surface area (Å²) in [7, 11) is 3.45. The van der Waals surface area contributed by atoms with Gasteiger partial charge in [0.15, 0.2) is 0 Å². The van der Waals surface area contributed by atoms with Crippen molar-refractivity contribution >= 4 is 27.5 Å². The van der Waals surface area contributed by atoms with Crippen molar-refractivity contribution in [3.8, 4) is 0 Å². The van der Waals surface area contributed by atoms with Crippen molar-refractivity contribution in [3.63, 3.8) is 0 Å². The van der Waals surface area contributed by atoms with Gasteiger partial charge in [0.05, 0.1) is 18.3 Å². The van der Waals surface area contributed by atoms with Crippen LogP contribution in [0.5, 0.6) is 0 Å². The summed E-state index contributed by atoms with van der Waals surface area (Å²) in [5.74, 6) is -0.0350. The van der Waals surface area contributed by atoms with Gasteiger partial charge in [-0.05, 0) is 30.2 Å². The topological polar surface area (TPSA) is 55.2 Å². The minimum atomic E-state index is -0.0350. The number of hydrogen-bond acceptors (Lipinski definition) is 4. The molecule has 5 nitrogen and oxygen atoms in total. The second kappa shape index (κ2) is 6.57. The van der Waals surface area contributed by atoms with E-state index in [0.29, 0.717) is 17.5 Å². The van der Waals surface area contributed by atoms with E-state index in [9.17, 15) is 9.59 Å². The molecule has 2 heterocycles. The first kappa shape index (κ1) is 16.4. The molecule has 0 saturated carbocycles. The summed E-state index contributed by atoms with van der Waals surface area (Å²) < 4.78 is 1.61. The lowest BCUT2D eigenvalue weighted by Gasteiger charge is -2.11. The highest BCUT2D eigenvalue weighted by molar-refractivity contribution is 7.18. The largest absolute Gasteiger partial charge is 0.345 e. The van der Waals surface area contributed by atoms with E-state index in [-0.39, 0.29) is 11.5 Å². The SMILES string of the molecule is CCc1cc2c(=O)n(Cc3ccc(C(=O)N(C)C)cc3)cnc2s1. The maximum atomic E-state index is 12.6. The lowest BCUT2D eigenvalue weighted by atomic mass is 10.1. The molecule has 0 aliphatic rings. The molecule has 0 N–H and O–H groups in total. The smallest absolute Gasteiger partial charge is 0.262 e. The number of amides is 1. The van der Waals surface area contributed by atoms with Crippen LogP contribution in [-0.2, 0) is 13.0 Å². The average molecular weight is 341 g/mol. The molecule has 3 rings (SSSR count). The van der Waals surface area contributed by atoms with E-state index in [4.69, 9.17) is 0 Å². The van der Waals surface area contributed by atoms with Gasteiger partial charge in [-0.25, -0.2) is 4.98 Å². The summed E-state index contributed by atoms with van der Waals surface area (Å²) in [4.78, 5) is 32.4. The highest BCUT2D eigenvalue weighted by Gasteiger charge is 2.10. The van der Waals surface area contributed by atoms with Crippen LogP contribution in [0.4, 0.5) is 0 Å². The van der Waals surface area contributed by atoms with Crippen molar-refractivity contribution in [2.75, 3.05) is 14.1 Å². The summed E-state index contributed by atoms with van der Waals surface area (Å²) in [6.45, 7) is 2.51. The van der Waals surface area contributed by atoms with Crippen molar-refractivity contribution in [2.45, 2.75) is 19.9 Å². The Morgan fingerprint density at radius 1 is 1.25 bits per heavy atom. The van der Waals surface area contributed by atoms with Crippen LogP contribution in [0.3, 0.4) is 0 Å². The fraction of sp³-hybridized carbons (Fsp3) is 0.278. The van der Waals surface area contributed by atoms with E-state index in [2.05, 4.69) is 11.9 Å². The Balaban J connectivity index is 1.88. The highest BCUT2D eigenvalue weighted by atomic mass is 32.1. The lowest BCUT2D eigenvalue weighted by Crippen LogP contribution is -2.22. The Morgan fingerprint density at radius 3 is 2.58 bits per heavy atom. The number of thiophene rings is 1. The van der Waals surface area contributed by atoms with Gasteiger partial charge in [0.2, 0.25) is 0 Å². The van der Waals surface area contributed by atoms with Crippen LogP contribution in [-0.4, -0.2) is 34.5 Å². The number of nitrogens with zero attached hydrogens (tertiary/aromatic N) is 3. The van der Waals surface area contributed by atoms with Crippen LogP contribution in [0.1, 0.15) is 27.7 Å². The fourth-order valence-corrected chi connectivity index (χ4v) is 3.43. The zero-order valence-corrected chi connectivity index (χ0v) is 14.8. The summed E-state index contributed by atoms with van der Waals surface area (Å²) in [5.41, 5.74) is 1.57. The predicted molar refractivity (Wildman–Crippen MR) is 96.8 cm³/mol. The van der Waals surface area contributed by atoms with Gasteiger partial charge in [0.25, 0.3) is 11.5 Å². The first-order chi connectivity index (χ1) is 11.5. The van der Waals surface area contributed by atoms with Crippen LogP contribution in [0.15, 0.2) is 41.5 Å². The lowest BCUT2D eigenvalue weighted by molar-refractivity contribution is 0.0827. The van der Waals surface area contributed by atoms with Gasteiger partial charge in [-0.3, -0.25) is 14.2 Å². The quantitative estimate of drug-likeness (QED) is 0.733. The molecule has 124 valence electrons. The maximum Gasteiger partial charge on any atom is 0.262 e. The van der Waals surface area contributed by atoms with E-state index >= 15 is 0 Å². The number of rotatable bonds is 4. The molecule has 0 bridgehead atoms. The molecule has 0 atom stereocenters. The van der Waals surface area contributed by atoms with Crippen LogP contribution in [0, 0.1) is 0 Å². The fourth-order valence-electron chi connectivity index (χ4n) is 2.50. The van der Waals surface area contributed by atoms with Gasteiger partial charge < -0.3 is 4.90 Å². The maximum absolute atomic E-state index is 12.6. The molecule has 0 aliphatic heterocycles. The van der Waals surface area contributed by atoms with E-state index in [1.165, 1.54) is 4.88 Å². The van der Waals surface area contributed by atoms with Crippen LogP contribution in [0.25, 0.3) is 10.2 Å². The van der Waals surface area contributed by atoms with Crippen LogP contribution >= 0.6 is 11.3 Å². The van der Waals surface area contributed by atoms with Crippen molar-refractivity contribution in [2.24, 2.45) is 0 Å². The van der Waals surface area contributed by atoms with Crippen LogP contribution < -0.4 is 5.56 Å². The van der Waals surface area contributed by atoms with E-state index in [1.54, 1.807) is 53.4 Å². The molecular formula is C18H19N3O2S. The van der Waals surface area contributed by atoms with E-state index in [0.717, 1.165) is 16.8 Å². The average Bonchev–Trinajstić information content (AvgIpc) is 3.01. The molecule has 1 amide bonds. The summed E-state index contributed by atoms with van der Waals surface area (Å²) >= 11 is 1.57. The van der Waals surface area contributed by atoms with E-state index < -0.39 is 0 Å². The number of benzene rings is 1. The number of aryl methyl sites for hydroxylation is 1. The molecule has 6 heteroatoms. The van der Waals surface area contributed by atoms with Gasteiger partial charge in [-0.1, -0.05) is 19.1 Å². The minimum Gasteiger partial charge on any atom is -0.345 e. The molecule has 0 aliphatic carbocycles. The van der Waals surface area contributed by atoms with Gasteiger partial charge in [-0.15, -0.1) is 11.3 Å². The Labute approximate surface area is 144 Å². The molecule has 0 unspecified atom stereocenters. The third-order valence-corrected chi connectivity index (χ3v) is 5.06. The second-order valence-electron chi connectivity index (χ2n) is 5.86. The minimum absolute atomic E-state index is 0.0237. The van der Waals surface area contributed by atoms with Crippen molar-refractivity contribution < 1.29 is 4.79 Å².